The molecule has 0 fully saturated rings. The summed E-state index contributed by atoms with van der Waals surface area (Å²) in [6, 6.07) is 16.9. The number of halogens is 1. The van der Waals surface area contributed by atoms with Crippen LogP contribution in [0.2, 0.25) is 0 Å². The van der Waals surface area contributed by atoms with E-state index in [2.05, 4.69) is 26.5 Å². The van der Waals surface area contributed by atoms with E-state index >= 15 is 0 Å². The fourth-order valence-corrected chi connectivity index (χ4v) is 4.02. The molecular formula is C28H25BrN2O7. The van der Waals surface area contributed by atoms with E-state index in [1.807, 2.05) is 13.8 Å². The number of nitrogens with zero attached hydrogens (tertiary/aromatic N) is 1. The first-order valence-corrected chi connectivity index (χ1v) is 12.6. The third-order valence-corrected chi connectivity index (χ3v) is 6.01. The molecule has 2 N–H and O–H groups in total. The predicted molar refractivity (Wildman–Crippen MR) is 145 cm³/mol. The molecular weight excluding hydrogens is 556 g/mol. The Kier molecular flexibility index (Phi) is 8.65. The van der Waals surface area contributed by atoms with E-state index < -0.39 is 11.9 Å². The van der Waals surface area contributed by atoms with Crippen LogP contribution in [0.25, 0.3) is 11.0 Å². The van der Waals surface area contributed by atoms with Gasteiger partial charge in [-0.05, 0) is 83.9 Å². The molecule has 0 saturated heterocycles. The third-order valence-electron chi connectivity index (χ3n) is 5.32. The predicted octanol–water partition coefficient (Wildman–Crippen LogP) is 6.03. The van der Waals surface area contributed by atoms with Crippen LogP contribution in [0.1, 0.15) is 45.9 Å². The second kappa shape index (κ2) is 12.3. The number of amides is 1. The van der Waals surface area contributed by atoms with Crippen LogP contribution in [0, 0.1) is 0 Å². The van der Waals surface area contributed by atoms with Gasteiger partial charge in [-0.15, -0.1) is 0 Å². The first kappa shape index (κ1) is 26.7. The van der Waals surface area contributed by atoms with Crippen LogP contribution in [-0.4, -0.2) is 36.4 Å². The molecule has 10 heteroatoms. The first-order chi connectivity index (χ1) is 18.4. The highest BCUT2D eigenvalue weighted by atomic mass is 79.9. The van der Waals surface area contributed by atoms with Crippen LogP contribution in [0.15, 0.2) is 74.7 Å². The van der Waals surface area contributed by atoms with Crippen molar-refractivity contribution in [3.63, 3.8) is 0 Å². The molecule has 1 heterocycles. The zero-order valence-electron chi connectivity index (χ0n) is 20.7. The summed E-state index contributed by atoms with van der Waals surface area (Å²) < 4.78 is 23.4. The van der Waals surface area contributed by atoms with Crippen LogP contribution in [0.5, 0.6) is 17.2 Å². The average molecular weight is 581 g/mol. The van der Waals surface area contributed by atoms with E-state index in [1.165, 1.54) is 12.3 Å². The Bertz CT molecular complexity index is 1500. The maximum absolute atomic E-state index is 12.6. The van der Waals surface area contributed by atoms with E-state index in [1.54, 1.807) is 54.6 Å². The molecule has 4 rings (SSSR count). The minimum Gasteiger partial charge on any atom is -0.494 e. The number of carbonyl (C=O) groups is 2. The first-order valence-electron chi connectivity index (χ1n) is 11.8. The van der Waals surface area contributed by atoms with Crippen molar-refractivity contribution in [3.8, 4) is 17.2 Å². The molecule has 3 aromatic carbocycles. The highest BCUT2D eigenvalue weighted by Gasteiger charge is 2.14. The molecule has 0 radical (unpaired) electrons. The molecule has 1 aromatic heterocycles. The largest absolute Gasteiger partial charge is 0.494 e. The van der Waals surface area contributed by atoms with Crippen molar-refractivity contribution in [2.45, 2.75) is 20.5 Å². The number of hydrogen-bond donors (Lipinski definition) is 2. The lowest BCUT2D eigenvalue weighted by molar-refractivity contribution is 0.0696. The Morgan fingerprint density at radius 1 is 1.00 bits per heavy atom. The number of benzene rings is 3. The van der Waals surface area contributed by atoms with Gasteiger partial charge in [-0.25, -0.2) is 10.2 Å². The molecule has 196 valence electrons. The zero-order valence-corrected chi connectivity index (χ0v) is 22.3. The maximum atomic E-state index is 12.6. The van der Waals surface area contributed by atoms with Crippen molar-refractivity contribution >= 4 is 45.0 Å². The lowest BCUT2D eigenvalue weighted by Gasteiger charge is -2.14. The summed E-state index contributed by atoms with van der Waals surface area (Å²) in [5.41, 5.74) is 4.56. The van der Waals surface area contributed by atoms with Gasteiger partial charge in [-0.3, -0.25) is 4.79 Å². The van der Waals surface area contributed by atoms with E-state index in [0.717, 1.165) is 5.39 Å². The molecule has 0 aliphatic heterocycles. The number of ether oxygens (including phenoxy) is 3. The number of carboxylic acid groups (broad SMARTS) is 1. The molecule has 0 aliphatic carbocycles. The van der Waals surface area contributed by atoms with Gasteiger partial charge in [0.1, 0.15) is 17.9 Å². The third kappa shape index (κ3) is 6.51. The lowest BCUT2D eigenvalue weighted by atomic mass is 10.1. The highest BCUT2D eigenvalue weighted by molar-refractivity contribution is 9.10. The van der Waals surface area contributed by atoms with Gasteiger partial charge in [-0.1, -0.05) is 12.1 Å². The quantitative estimate of drug-likeness (QED) is 0.164. The van der Waals surface area contributed by atoms with Crippen LogP contribution in [0.4, 0.5) is 0 Å². The van der Waals surface area contributed by atoms with Crippen LogP contribution >= 0.6 is 15.9 Å². The molecule has 0 spiro atoms. The molecule has 0 aliphatic rings. The van der Waals surface area contributed by atoms with E-state index in [4.69, 9.17) is 18.6 Å². The maximum Gasteiger partial charge on any atom is 0.335 e. The number of rotatable bonds is 11. The fourth-order valence-electron chi connectivity index (χ4n) is 3.59. The minimum absolute atomic E-state index is 0.121. The second-order valence-electron chi connectivity index (χ2n) is 7.99. The molecule has 0 saturated carbocycles. The monoisotopic (exact) mass is 580 g/mol. The lowest BCUT2D eigenvalue weighted by Crippen LogP contribution is -2.16. The molecule has 1 amide bonds. The molecule has 9 nitrogen and oxygen atoms in total. The molecule has 0 unspecified atom stereocenters. The number of carboxylic acids is 1. The number of hydrogen-bond acceptors (Lipinski definition) is 7. The summed E-state index contributed by atoms with van der Waals surface area (Å²) in [5, 5.41) is 14.0. The molecule has 0 atom stereocenters. The Hall–Kier alpha value is -4.31. The summed E-state index contributed by atoms with van der Waals surface area (Å²) in [7, 11) is 0. The zero-order chi connectivity index (χ0) is 27.1. The Morgan fingerprint density at radius 3 is 2.55 bits per heavy atom. The van der Waals surface area contributed by atoms with E-state index in [0.29, 0.717) is 51.6 Å². The Labute approximate surface area is 227 Å². The van der Waals surface area contributed by atoms with Gasteiger partial charge >= 0.3 is 11.9 Å². The van der Waals surface area contributed by atoms with Gasteiger partial charge in [-0.2, -0.15) is 5.10 Å². The summed E-state index contributed by atoms with van der Waals surface area (Å²) in [6.07, 6.45) is 1.47. The molecule has 38 heavy (non-hydrogen) atoms. The van der Waals surface area contributed by atoms with Crippen molar-refractivity contribution in [1.29, 1.82) is 0 Å². The van der Waals surface area contributed by atoms with Crippen molar-refractivity contribution in [3.05, 3.63) is 87.6 Å². The molecule has 4 aromatic rings. The van der Waals surface area contributed by atoms with Crippen LogP contribution in [0.3, 0.4) is 0 Å². The van der Waals surface area contributed by atoms with E-state index in [9.17, 15) is 14.7 Å². The number of fused-ring (bicyclic) bond motifs is 1. The summed E-state index contributed by atoms with van der Waals surface area (Å²) >= 11 is 3.50. The average Bonchev–Trinajstić information content (AvgIpc) is 3.33. The summed E-state index contributed by atoms with van der Waals surface area (Å²) in [4.78, 5) is 23.8. The SMILES string of the molecule is CCOc1ccc2oc(C(=O)N/N=C/c3cc(OCC)c(OCc4cccc(C(=O)O)c4)cc3Br)cc2c1. The number of furan rings is 1. The summed E-state index contributed by atoms with van der Waals surface area (Å²) in [5.74, 6) is 0.253. The Balaban J connectivity index is 1.45. The second-order valence-corrected chi connectivity index (χ2v) is 8.84. The van der Waals surface area contributed by atoms with E-state index in [-0.39, 0.29) is 17.9 Å². The van der Waals surface area contributed by atoms with Gasteiger partial charge in [0, 0.05) is 15.4 Å². The van der Waals surface area contributed by atoms with Crippen molar-refractivity contribution in [1.82, 2.24) is 5.43 Å². The van der Waals surface area contributed by atoms with Crippen LogP contribution < -0.4 is 19.6 Å². The standard InChI is InChI=1S/C28H25BrN2O7/c1-3-35-21-8-9-23-19(11-21)12-26(38-23)27(32)31-30-15-20-13-24(36-4-2)25(14-22(20)29)37-16-17-6-5-7-18(10-17)28(33)34/h5-15H,3-4,16H2,1-2H3,(H,31,32)(H,33,34)/b30-15+. The van der Waals surface area contributed by atoms with Crippen molar-refractivity contribution in [2.24, 2.45) is 5.10 Å². The van der Waals surface area contributed by atoms with Crippen LogP contribution in [-0.2, 0) is 6.61 Å². The van der Waals surface area contributed by atoms with Crippen molar-refractivity contribution in [2.75, 3.05) is 13.2 Å². The number of aromatic carboxylic acids is 1. The molecule has 0 bridgehead atoms. The topological polar surface area (TPSA) is 120 Å². The smallest absolute Gasteiger partial charge is 0.335 e. The number of carbonyl (C=O) groups excluding carboxylic acids is 1. The normalized spacial score (nSPS) is 11.0. The highest BCUT2D eigenvalue weighted by Crippen LogP contribution is 2.34. The Morgan fingerprint density at radius 2 is 1.79 bits per heavy atom. The van der Waals surface area contributed by atoms with Gasteiger partial charge in [0.25, 0.3) is 0 Å². The fraction of sp³-hybridized carbons (Fsp3) is 0.179. The van der Waals surface area contributed by atoms with Gasteiger partial charge < -0.3 is 23.7 Å². The summed E-state index contributed by atoms with van der Waals surface area (Å²) in [6.45, 7) is 4.84. The van der Waals surface area contributed by atoms with Gasteiger partial charge in [0.15, 0.2) is 17.3 Å². The number of hydrazone groups is 1. The van der Waals surface area contributed by atoms with Gasteiger partial charge in [0.05, 0.1) is 25.0 Å². The number of nitrogens with one attached hydrogen (secondary N) is 1. The minimum atomic E-state index is -1.00. The van der Waals surface area contributed by atoms with Gasteiger partial charge in [0.2, 0.25) is 0 Å². The van der Waals surface area contributed by atoms with Crippen molar-refractivity contribution < 1.29 is 33.3 Å².